The van der Waals surface area contributed by atoms with Crippen molar-refractivity contribution in [2.75, 3.05) is 32.6 Å². The number of methoxy groups -OCH3 is 1. The van der Waals surface area contributed by atoms with Gasteiger partial charge in [0.2, 0.25) is 11.7 Å². The maximum Gasteiger partial charge on any atom is 0.291 e. The van der Waals surface area contributed by atoms with Gasteiger partial charge in [0.15, 0.2) is 17.3 Å². The Labute approximate surface area is 300 Å². The van der Waals surface area contributed by atoms with Crippen molar-refractivity contribution in [3.8, 4) is 22.6 Å². The molecule has 0 bridgehead atoms. The quantitative estimate of drug-likeness (QED) is 0.179. The van der Waals surface area contributed by atoms with Crippen molar-refractivity contribution in [3.05, 3.63) is 92.2 Å². The van der Waals surface area contributed by atoms with Gasteiger partial charge in [-0.15, -0.1) is 0 Å². The Kier molecular flexibility index (Phi) is 9.76. The van der Waals surface area contributed by atoms with Gasteiger partial charge in [0.25, 0.3) is 5.91 Å². The summed E-state index contributed by atoms with van der Waals surface area (Å²) in [5, 5.41) is 9.71. The molecule has 1 saturated heterocycles. The number of carbonyl (C=O) groups is 2. The zero-order chi connectivity index (χ0) is 35.1. The Balaban J connectivity index is 1.09. The van der Waals surface area contributed by atoms with Gasteiger partial charge in [-0.3, -0.25) is 9.59 Å². The molecule has 1 aliphatic carbocycles. The number of halogens is 3. The summed E-state index contributed by atoms with van der Waals surface area (Å²) in [5.74, 6) is -0.611. The molecule has 50 heavy (non-hydrogen) atoms. The first-order valence-electron chi connectivity index (χ1n) is 16.8. The number of hydrogen-bond donors (Lipinski definition) is 3. The minimum atomic E-state index is -0.664. The lowest BCUT2D eigenvalue weighted by molar-refractivity contribution is -0.119. The van der Waals surface area contributed by atoms with Crippen LogP contribution in [0.5, 0.6) is 11.5 Å². The zero-order valence-corrected chi connectivity index (χ0v) is 29.7. The summed E-state index contributed by atoms with van der Waals surface area (Å²) in [6, 6.07) is 13.1. The highest BCUT2D eigenvalue weighted by atomic mass is 35.5. The van der Waals surface area contributed by atoms with Crippen molar-refractivity contribution < 1.29 is 23.5 Å². The Morgan fingerprint density at radius 1 is 1.08 bits per heavy atom. The average Bonchev–Trinajstić information content (AvgIpc) is 3.80. The zero-order valence-electron chi connectivity index (χ0n) is 28.2. The summed E-state index contributed by atoms with van der Waals surface area (Å²) >= 11 is 13.6. The molecule has 3 heterocycles. The summed E-state index contributed by atoms with van der Waals surface area (Å²) in [7, 11) is 5.33. The van der Waals surface area contributed by atoms with E-state index in [0.717, 1.165) is 53.0 Å². The molecule has 0 saturated carbocycles. The van der Waals surface area contributed by atoms with Gasteiger partial charge in [-0.1, -0.05) is 53.5 Å². The predicted molar refractivity (Wildman–Crippen MR) is 191 cm³/mol. The van der Waals surface area contributed by atoms with Crippen molar-refractivity contribution in [1.29, 1.82) is 0 Å². The smallest absolute Gasteiger partial charge is 0.291 e. The Morgan fingerprint density at radius 3 is 2.66 bits per heavy atom. The molecule has 262 valence electrons. The van der Waals surface area contributed by atoms with E-state index in [-0.39, 0.29) is 34.4 Å². The van der Waals surface area contributed by atoms with Crippen molar-refractivity contribution in [1.82, 2.24) is 25.1 Å². The fraction of sp³-hybridized carbons (Fsp3) is 0.378. The first kappa shape index (κ1) is 34.3. The topological polar surface area (TPSA) is 110 Å². The predicted octanol–water partition coefficient (Wildman–Crippen LogP) is 6.22. The number of carbonyl (C=O) groups excluding carboxylic acids is 2. The van der Waals surface area contributed by atoms with E-state index in [0.29, 0.717) is 61.0 Å². The number of rotatable bonds is 10. The monoisotopic (exact) mass is 720 g/mol. The fourth-order valence-electron chi connectivity index (χ4n) is 7.31. The number of imidazole rings is 1. The van der Waals surface area contributed by atoms with Crippen LogP contribution >= 0.6 is 23.2 Å². The molecule has 13 heteroatoms. The number of likely N-dealkylation sites (N-methyl/N-ethyl adjacent to an activating group) is 1. The molecule has 3 N–H and O–H groups in total. The SMILES string of the molecule is COc1c(CNC[C@H]2CCC(=O)N2)cc(Cl)c(OC2CCc3c(-c4cccc(NC(=O)c5nc6c(n5C)CCN(C)C6)c4Cl)cccc32)c1F. The largest absolute Gasteiger partial charge is 0.493 e. The number of anilines is 1. The maximum atomic E-state index is 15.9. The van der Waals surface area contributed by atoms with E-state index in [1.54, 1.807) is 12.1 Å². The average molecular weight is 722 g/mol. The minimum absolute atomic E-state index is 0.0402. The molecule has 2 amide bonds. The fourth-order valence-corrected chi connectivity index (χ4v) is 7.85. The van der Waals surface area contributed by atoms with Crippen LogP contribution in [0.1, 0.15) is 64.1 Å². The maximum absolute atomic E-state index is 15.9. The van der Waals surface area contributed by atoms with Crippen molar-refractivity contribution in [2.45, 2.75) is 57.3 Å². The molecule has 3 aromatic carbocycles. The lowest BCUT2D eigenvalue weighted by atomic mass is 9.96. The highest BCUT2D eigenvalue weighted by Gasteiger charge is 2.31. The summed E-state index contributed by atoms with van der Waals surface area (Å²) in [6.07, 6.45) is 2.93. The van der Waals surface area contributed by atoms with Gasteiger partial charge in [-0.2, -0.15) is 4.39 Å². The Bertz CT molecular complexity index is 1980. The van der Waals surface area contributed by atoms with Crippen LogP contribution in [0, 0.1) is 5.82 Å². The third-order valence-corrected chi connectivity index (χ3v) is 10.6. The molecule has 0 spiro atoms. The number of aromatic nitrogens is 2. The number of benzene rings is 3. The van der Waals surface area contributed by atoms with Gasteiger partial charge in [-0.05, 0) is 55.1 Å². The van der Waals surface area contributed by atoms with Crippen LogP contribution in [0.15, 0.2) is 42.5 Å². The van der Waals surface area contributed by atoms with Crippen LogP contribution in [0.4, 0.5) is 10.1 Å². The Hall–Kier alpha value is -4.16. The van der Waals surface area contributed by atoms with Gasteiger partial charge in [0, 0.05) is 68.9 Å². The summed E-state index contributed by atoms with van der Waals surface area (Å²) in [6.45, 7) is 2.48. The van der Waals surface area contributed by atoms with E-state index in [2.05, 4.69) is 25.8 Å². The second-order valence-electron chi connectivity index (χ2n) is 13.1. The molecule has 4 aromatic rings. The van der Waals surface area contributed by atoms with Gasteiger partial charge in [-0.25, -0.2) is 4.98 Å². The molecule has 2 atom stereocenters. The Morgan fingerprint density at radius 2 is 1.88 bits per heavy atom. The van der Waals surface area contributed by atoms with E-state index in [1.165, 1.54) is 7.11 Å². The summed E-state index contributed by atoms with van der Waals surface area (Å²) in [5.41, 5.74) is 6.66. The normalized spacial score (nSPS) is 18.5. The van der Waals surface area contributed by atoms with Gasteiger partial charge in [0.05, 0.1) is 28.5 Å². The molecule has 3 aliphatic rings. The molecule has 2 aliphatic heterocycles. The number of hydrogen-bond acceptors (Lipinski definition) is 7. The van der Waals surface area contributed by atoms with Crippen LogP contribution in [0.3, 0.4) is 0 Å². The van der Waals surface area contributed by atoms with Crippen LogP contribution in [0.2, 0.25) is 10.0 Å². The van der Waals surface area contributed by atoms with E-state index in [4.69, 9.17) is 32.7 Å². The second-order valence-corrected chi connectivity index (χ2v) is 13.9. The van der Waals surface area contributed by atoms with Gasteiger partial charge in [0.1, 0.15) is 6.10 Å². The highest BCUT2D eigenvalue weighted by molar-refractivity contribution is 6.36. The van der Waals surface area contributed by atoms with Crippen molar-refractivity contribution in [3.63, 3.8) is 0 Å². The number of nitrogens with one attached hydrogen (secondary N) is 3. The molecular weight excluding hydrogens is 682 g/mol. The molecule has 0 radical (unpaired) electrons. The van der Waals surface area contributed by atoms with Crippen LogP contribution in [-0.2, 0) is 37.8 Å². The lowest BCUT2D eigenvalue weighted by Crippen LogP contribution is -2.35. The number of ether oxygens (including phenoxy) is 2. The van der Waals surface area contributed by atoms with E-state index >= 15 is 4.39 Å². The van der Waals surface area contributed by atoms with E-state index in [1.807, 2.05) is 49.0 Å². The van der Waals surface area contributed by atoms with Gasteiger partial charge >= 0.3 is 0 Å². The molecule has 1 unspecified atom stereocenters. The standard InChI is InChI=1S/C37H39Cl2FN6O4/c1-45-15-14-29-28(19-45)43-36(46(29)2)37(48)44-27-9-5-8-25(32(27)39)22-6-4-7-24-23(22)11-12-30(24)50-35-26(38)16-20(34(49-3)33(35)40)17-41-18-21-10-13-31(47)42-21/h4-9,16,21,30,41H,10-15,17-19H2,1-3H3,(H,42,47)(H,44,48)/t21-,30?/m1/s1. The minimum Gasteiger partial charge on any atom is -0.493 e. The lowest BCUT2D eigenvalue weighted by Gasteiger charge is -2.21. The van der Waals surface area contributed by atoms with E-state index in [9.17, 15) is 9.59 Å². The van der Waals surface area contributed by atoms with Crippen LogP contribution in [0.25, 0.3) is 11.1 Å². The summed E-state index contributed by atoms with van der Waals surface area (Å²) < 4.78 is 29.5. The molecule has 1 fully saturated rings. The van der Waals surface area contributed by atoms with E-state index < -0.39 is 11.9 Å². The van der Waals surface area contributed by atoms with Crippen molar-refractivity contribution in [2.24, 2.45) is 7.05 Å². The van der Waals surface area contributed by atoms with Gasteiger partial charge < -0.3 is 34.9 Å². The first-order chi connectivity index (χ1) is 24.1. The second kappa shape index (κ2) is 14.2. The molecular formula is C37H39Cl2FN6O4. The highest BCUT2D eigenvalue weighted by Crippen LogP contribution is 2.46. The molecule has 7 rings (SSSR count). The third kappa shape index (κ3) is 6.55. The number of amides is 2. The first-order valence-corrected chi connectivity index (χ1v) is 17.5. The number of fused-ring (bicyclic) bond motifs is 2. The van der Waals surface area contributed by atoms with Crippen LogP contribution in [-0.4, -0.2) is 59.6 Å². The third-order valence-electron chi connectivity index (χ3n) is 9.87. The van der Waals surface area contributed by atoms with Crippen LogP contribution < -0.4 is 25.4 Å². The molecule has 10 nitrogen and oxygen atoms in total. The molecule has 1 aromatic heterocycles. The summed E-state index contributed by atoms with van der Waals surface area (Å²) in [4.78, 5) is 31.8. The number of nitrogens with zero attached hydrogens (tertiary/aromatic N) is 3. The van der Waals surface area contributed by atoms with Crippen molar-refractivity contribution >= 4 is 40.7 Å².